The van der Waals surface area contributed by atoms with Crippen molar-refractivity contribution in [3.05, 3.63) is 52.2 Å². The maximum Gasteiger partial charge on any atom is 0.150 e. The molecular formula is C18H18BrFN4O. The molecule has 0 atom stereocenters. The molecule has 1 heterocycles. The number of rotatable bonds is 7. The Morgan fingerprint density at radius 1 is 1.48 bits per heavy atom. The summed E-state index contributed by atoms with van der Waals surface area (Å²) in [6.45, 7) is 0.412. The van der Waals surface area contributed by atoms with Crippen LogP contribution in [0.25, 0.3) is 11.4 Å². The summed E-state index contributed by atoms with van der Waals surface area (Å²) in [6, 6.07) is 4.50. The third kappa shape index (κ3) is 3.87. The first-order valence-corrected chi connectivity index (χ1v) is 8.83. The Hall–Kier alpha value is -2.28. The largest absolute Gasteiger partial charge is 0.376 e. The first-order valence-electron chi connectivity index (χ1n) is 8.04. The Morgan fingerprint density at radius 3 is 2.92 bits per heavy atom. The van der Waals surface area contributed by atoms with Crippen molar-refractivity contribution in [2.45, 2.75) is 31.8 Å². The molecule has 130 valence electrons. The molecule has 25 heavy (non-hydrogen) atoms. The molecule has 0 saturated heterocycles. The minimum absolute atomic E-state index is 0.250. The smallest absolute Gasteiger partial charge is 0.150 e. The van der Waals surface area contributed by atoms with Gasteiger partial charge in [-0.15, -0.1) is 0 Å². The van der Waals surface area contributed by atoms with E-state index < -0.39 is 5.82 Å². The minimum Gasteiger partial charge on any atom is -0.376 e. The molecule has 0 aliphatic heterocycles. The third-order valence-electron chi connectivity index (χ3n) is 4.33. The first-order chi connectivity index (χ1) is 12.1. The van der Waals surface area contributed by atoms with Crippen LogP contribution >= 0.6 is 15.9 Å². The number of carbonyl (C=O) groups is 1. The fourth-order valence-corrected chi connectivity index (χ4v) is 3.27. The Bertz CT molecular complexity index is 826. The van der Waals surface area contributed by atoms with Crippen LogP contribution in [0.2, 0.25) is 0 Å². The predicted octanol–water partition coefficient (Wildman–Crippen LogP) is 3.90. The highest BCUT2D eigenvalue weighted by molar-refractivity contribution is 9.11. The summed E-state index contributed by atoms with van der Waals surface area (Å²) in [6.07, 6.45) is 8.82. The van der Waals surface area contributed by atoms with Gasteiger partial charge >= 0.3 is 0 Å². The number of nitrogens with one attached hydrogen (secondary N) is 2. The van der Waals surface area contributed by atoms with Crippen molar-refractivity contribution in [1.82, 2.24) is 14.9 Å². The molecule has 0 amide bonds. The molecule has 0 unspecified atom stereocenters. The van der Waals surface area contributed by atoms with Crippen molar-refractivity contribution >= 4 is 28.4 Å². The van der Waals surface area contributed by atoms with Gasteiger partial charge in [0.1, 0.15) is 11.6 Å². The van der Waals surface area contributed by atoms with E-state index in [1.54, 1.807) is 18.5 Å². The van der Waals surface area contributed by atoms with Crippen LogP contribution in [0.15, 0.2) is 40.8 Å². The highest BCUT2D eigenvalue weighted by Crippen LogP contribution is 2.25. The maximum absolute atomic E-state index is 13.4. The van der Waals surface area contributed by atoms with Crippen molar-refractivity contribution in [2.75, 3.05) is 0 Å². The zero-order valence-electron chi connectivity index (χ0n) is 13.5. The summed E-state index contributed by atoms with van der Waals surface area (Å²) in [5, 5.41) is 11.1. The second-order valence-electron chi connectivity index (χ2n) is 5.98. The van der Waals surface area contributed by atoms with E-state index in [4.69, 9.17) is 5.41 Å². The molecule has 0 radical (unpaired) electrons. The van der Waals surface area contributed by atoms with Gasteiger partial charge in [-0.05, 0) is 53.4 Å². The van der Waals surface area contributed by atoms with Crippen LogP contribution in [-0.2, 0) is 6.54 Å². The predicted molar refractivity (Wildman–Crippen MR) is 98.5 cm³/mol. The molecular weight excluding hydrogens is 387 g/mol. The van der Waals surface area contributed by atoms with Crippen molar-refractivity contribution in [3.63, 3.8) is 0 Å². The summed E-state index contributed by atoms with van der Waals surface area (Å²) in [5.41, 5.74) is 1.58. The first kappa shape index (κ1) is 17.5. The van der Waals surface area contributed by atoms with Crippen molar-refractivity contribution < 1.29 is 9.18 Å². The summed E-state index contributed by atoms with van der Waals surface area (Å²) >= 11 is 3.52. The average molecular weight is 405 g/mol. The summed E-state index contributed by atoms with van der Waals surface area (Å²) in [4.78, 5) is 15.6. The summed E-state index contributed by atoms with van der Waals surface area (Å²) in [5.74, 6) is 0.0990. The Morgan fingerprint density at radius 2 is 2.28 bits per heavy atom. The van der Waals surface area contributed by atoms with Crippen LogP contribution in [0.5, 0.6) is 0 Å². The van der Waals surface area contributed by atoms with Crippen molar-refractivity contribution in [2.24, 2.45) is 0 Å². The molecule has 1 fully saturated rings. The highest BCUT2D eigenvalue weighted by Gasteiger charge is 2.19. The maximum atomic E-state index is 13.4. The van der Waals surface area contributed by atoms with E-state index in [2.05, 4.69) is 26.2 Å². The normalized spacial score (nSPS) is 15.3. The number of aldehydes is 1. The molecule has 1 aliphatic carbocycles. The van der Waals surface area contributed by atoms with Crippen molar-refractivity contribution in [1.29, 1.82) is 5.41 Å². The number of carbonyl (C=O) groups excluding carboxylic acids is 1. The molecule has 7 heteroatoms. The lowest BCUT2D eigenvalue weighted by atomic mass is 9.93. The number of benzene rings is 1. The van der Waals surface area contributed by atoms with Crippen LogP contribution in [0.4, 0.5) is 4.39 Å². The van der Waals surface area contributed by atoms with Crippen LogP contribution in [0, 0.1) is 11.2 Å². The van der Waals surface area contributed by atoms with Gasteiger partial charge in [-0.3, -0.25) is 4.79 Å². The molecule has 2 aromatic rings. The summed E-state index contributed by atoms with van der Waals surface area (Å²) < 4.78 is 16.0. The van der Waals surface area contributed by atoms with E-state index in [0.29, 0.717) is 30.3 Å². The van der Waals surface area contributed by atoms with Crippen LogP contribution in [0.1, 0.15) is 29.6 Å². The van der Waals surface area contributed by atoms with Crippen LogP contribution < -0.4 is 5.32 Å². The number of halogens is 2. The molecule has 1 aromatic heterocycles. The molecule has 2 N–H and O–H groups in total. The lowest BCUT2D eigenvalue weighted by Gasteiger charge is -2.28. The monoisotopic (exact) mass is 404 g/mol. The molecule has 0 spiro atoms. The van der Waals surface area contributed by atoms with Gasteiger partial charge in [-0.25, -0.2) is 9.37 Å². The van der Waals surface area contributed by atoms with Gasteiger partial charge in [0.05, 0.1) is 11.2 Å². The number of hydrogen-bond donors (Lipinski definition) is 2. The number of nitrogens with zero attached hydrogens (tertiary/aromatic N) is 2. The Labute approximate surface area is 153 Å². The van der Waals surface area contributed by atoms with Gasteiger partial charge in [-0.2, -0.15) is 0 Å². The fourth-order valence-electron chi connectivity index (χ4n) is 2.70. The van der Waals surface area contributed by atoms with Gasteiger partial charge in [0.25, 0.3) is 0 Å². The van der Waals surface area contributed by atoms with E-state index in [-0.39, 0.29) is 5.56 Å². The summed E-state index contributed by atoms with van der Waals surface area (Å²) in [7, 11) is 0. The second kappa shape index (κ2) is 7.74. The number of hydrogen-bond acceptors (Lipinski definition) is 4. The lowest BCUT2D eigenvalue weighted by molar-refractivity contribution is 0.112. The number of imidazole rings is 1. The van der Waals surface area contributed by atoms with Gasteiger partial charge in [0.2, 0.25) is 0 Å². The molecule has 5 nitrogen and oxygen atoms in total. The molecule has 1 aliphatic rings. The zero-order chi connectivity index (χ0) is 17.8. The SMILES string of the molecule is N=C/C(Cn1ccnc1-c1ccc(F)cc1C=O)=C(/Br)NC1CCC1. The standard InChI is InChI=1S/C18H18BrFN4O/c19-17(23-15-2-1-3-15)13(9-21)10-24-7-6-22-18(24)16-5-4-14(20)8-12(16)11-25/h4-9,11,15,21,23H,1-3,10H2/b17-13+,21-9?. The van der Waals surface area contributed by atoms with Gasteiger partial charge in [0.15, 0.2) is 6.29 Å². The Balaban J connectivity index is 1.89. The van der Waals surface area contributed by atoms with Crippen LogP contribution in [0.3, 0.4) is 0 Å². The quantitative estimate of drug-likeness (QED) is 0.417. The van der Waals surface area contributed by atoms with Gasteiger partial charge < -0.3 is 15.3 Å². The minimum atomic E-state index is -0.462. The number of aromatic nitrogens is 2. The van der Waals surface area contributed by atoms with E-state index in [1.807, 2.05) is 4.57 Å². The van der Waals surface area contributed by atoms with Crippen LogP contribution in [-0.4, -0.2) is 28.1 Å². The van der Waals surface area contributed by atoms with Crippen molar-refractivity contribution in [3.8, 4) is 11.4 Å². The average Bonchev–Trinajstić information content (AvgIpc) is 3.03. The van der Waals surface area contributed by atoms with E-state index in [1.165, 1.54) is 24.8 Å². The highest BCUT2D eigenvalue weighted by atomic mass is 79.9. The van der Waals surface area contributed by atoms with Gasteiger partial charge in [0, 0.05) is 41.4 Å². The molecule has 0 bridgehead atoms. The topological polar surface area (TPSA) is 70.8 Å². The van der Waals surface area contributed by atoms with Gasteiger partial charge in [-0.1, -0.05) is 0 Å². The molecule has 1 aromatic carbocycles. The fraction of sp³-hybridized carbons (Fsp3) is 0.278. The zero-order valence-corrected chi connectivity index (χ0v) is 15.1. The van der Waals surface area contributed by atoms with E-state index in [9.17, 15) is 9.18 Å². The third-order valence-corrected chi connectivity index (χ3v) is 5.07. The second-order valence-corrected chi connectivity index (χ2v) is 6.78. The Kier molecular flexibility index (Phi) is 5.43. The van der Waals surface area contributed by atoms with E-state index in [0.717, 1.165) is 23.0 Å². The molecule has 3 rings (SSSR count). The number of allylic oxidation sites excluding steroid dienone is 1. The molecule has 1 saturated carbocycles. The van der Waals surface area contributed by atoms with E-state index >= 15 is 0 Å². The lowest BCUT2D eigenvalue weighted by Crippen LogP contribution is -2.33.